The Bertz CT molecular complexity index is 619. The van der Waals surface area contributed by atoms with Crippen LogP contribution in [0.5, 0.6) is 17.2 Å². The van der Waals surface area contributed by atoms with Crippen LogP contribution in [0.25, 0.3) is 0 Å². The molecule has 0 aliphatic rings. The number of rotatable bonds is 7. The van der Waals surface area contributed by atoms with Crippen molar-refractivity contribution in [2.45, 2.75) is 33.6 Å². The molecule has 1 N–H and O–H groups in total. The number of phenols is 1. The summed E-state index contributed by atoms with van der Waals surface area (Å²) >= 11 is 0. The normalized spacial score (nSPS) is 13.4. The molecule has 0 saturated heterocycles. The fourth-order valence-corrected chi connectivity index (χ4v) is 3.02. The average molecular weight is 328 g/mol. The van der Waals surface area contributed by atoms with Crippen LogP contribution < -0.4 is 9.47 Å². The van der Waals surface area contributed by atoms with Gasteiger partial charge in [-0.2, -0.15) is 0 Å². The SMILES string of the molecule is COc1cc(C)ccc1CC(C)C(C)Cc1ccc(O)cc1OC. The van der Waals surface area contributed by atoms with Crippen molar-refractivity contribution in [1.29, 1.82) is 0 Å². The van der Waals surface area contributed by atoms with Crippen molar-refractivity contribution in [1.82, 2.24) is 0 Å². The van der Waals surface area contributed by atoms with E-state index in [0.717, 1.165) is 29.9 Å². The molecule has 0 saturated carbocycles. The smallest absolute Gasteiger partial charge is 0.125 e. The minimum atomic E-state index is 0.237. The van der Waals surface area contributed by atoms with Crippen LogP contribution >= 0.6 is 0 Å². The van der Waals surface area contributed by atoms with Crippen molar-refractivity contribution >= 4 is 0 Å². The van der Waals surface area contributed by atoms with Crippen molar-refractivity contribution in [3.63, 3.8) is 0 Å². The van der Waals surface area contributed by atoms with Gasteiger partial charge in [-0.15, -0.1) is 0 Å². The number of benzene rings is 2. The second kappa shape index (κ2) is 8.09. The molecule has 0 spiro atoms. The molecule has 0 bridgehead atoms. The van der Waals surface area contributed by atoms with Gasteiger partial charge in [0.15, 0.2) is 0 Å². The Hall–Kier alpha value is -2.16. The summed E-state index contributed by atoms with van der Waals surface area (Å²) in [6.07, 6.45) is 1.89. The van der Waals surface area contributed by atoms with Crippen LogP contribution in [-0.4, -0.2) is 19.3 Å². The van der Waals surface area contributed by atoms with Crippen molar-refractivity contribution in [3.8, 4) is 17.2 Å². The Balaban J connectivity index is 2.09. The second-order valence-electron chi connectivity index (χ2n) is 6.67. The molecule has 24 heavy (non-hydrogen) atoms. The zero-order valence-electron chi connectivity index (χ0n) is 15.3. The molecule has 0 aliphatic carbocycles. The van der Waals surface area contributed by atoms with E-state index in [-0.39, 0.29) is 5.75 Å². The number of ether oxygens (including phenoxy) is 2. The molecule has 2 atom stereocenters. The average Bonchev–Trinajstić information content (AvgIpc) is 2.57. The summed E-state index contributed by atoms with van der Waals surface area (Å²) in [5, 5.41) is 9.59. The van der Waals surface area contributed by atoms with Crippen LogP contribution in [0.3, 0.4) is 0 Å². The number of methoxy groups -OCH3 is 2. The Morgan fingerprint density at radius 2 is 1.33 bits per heavy atom. The number of hydrogen-bond donors (Lipinski definition) is 1. The van der Waals surface area contributed by atoms with E-state index >= 15 is 0 Å². The fraction of sp³-hybridized carbons (Fsp3) is 0.429. The van der Waals surface area contributed by atoms with E-state index in [2.05, 4.69) is 39.0 Å². The number of aryl methyl sites for hydroxylation is 1. The minimum Gasteiger partial charge on any atom is -0.508 e. The largest absolute Gasteiger partial charge is 0.508 e. The number of hydrogen-bond acceptors (Lipinski definition) is 3. The zero-order chi connectivity index (χ0) is 17.7. The van der Waals surface area contributed by atoms with E-state index in [9.17, 15) is 5.11 Å². The summed E-state index contributed by atoms with van der Waals surface area (Å²) < 4.78 is 10.9. The maximum absolute atomic E-state index is 9.59. The summed E-state index contributed by atoms with van der Waals surface area (Å²) in [5.41, 5.74) is 3.59. The Morgan fingerprint density at radius 1 is 0.833 bits per heavy atom. The monoisotopic (exact) mass is 328 g/mol. The molecule has 3 heteroatoms. The maximum atomic E-state index is 9.59. The molecule has 0 fully saturated rings. The van der Waals surface area contributed by atoms with Crippen molar-refractivity contribution in [3.05, 3.63) is 53.1 Å². The Kier molecular flexibility index (Phi) is 6.13. The lowest BCUT2D eigenvalue weighted by Crippen LogP contribution is -2.14. The van der Waals surface area contributed by atoms with Gasteiger partial charge in [0.05, 0.1) is 14.2 Å². The van der Waals surface area contributed by atoms with Gasteiger partial charge in [0.1, 0.15) is 17.2 Å². The van der Waals surface area contributed by atoms with Gasteiger partial charge in [0, 0.05) is 6.07 Å². The maximum Gasteiger partial charge on any atom is 0.125 e. The third-order valence-corrected chi connectivity index (χ3v) is 4.77. The lowest BCUT2D eigenvalue weighted by atomic mass is 9.85. The topological polar surface area (TPSA) is 38.7 Å². The molecule has 0 aromatic heterocycles. The van der Waals surface area contributed by atoms with Gasteiger partial charge < -0.3 is 14.6 Å². The zero-order valence-corrected chi connectivity index (χ0v) is 15.3. The van der Waals surface area contributed by atoms with Crippen LogP contribution in [0, 0.1) is 18.8 Å². The Labute approximate surface area is 145 Å². The van der Waals surface area contributed by atoms with E-state index in [1.807, 2.05) is 6.07 Å². The molecule has 0 aliphatic heterocycles. The first kappa shape index (κ1) is 18.2. The predicted molar refractivity (Wildman–Crippen MR) is 98.1 cm³/mol. The first-order valence-corrected chi connectivity index (χ1v) is 8.44. The Morgan fingerprint density at radius 3 is 1.88 bits per heavy atom. The van der Waals surface area contributed by atoms with Crippen LogP contribution in [0.2, 0.25) is 0 Å². The van der Waals surface area contributed by atoms with E-state index in [0.29, 0.717) is 11.8 Å². The first-order valence-electron chi connectivity index (χ1n) is 8.44. The van der Waals surface area contributed by atoms with Gasteiger partial charge in [-0.3, -0.25) is 0 Å². The lowest BCUT2D eigenvalue weighted by Gasteiger charge is -2.22. The van der Waals surface area contributed by atoms with Crippen LogP contribution in [-0.2, 0) is 12.8 Å². The van der Waals surface area contributed by atoms with E-state index in [4.69, 9.17) is 9.47 Å². The summed E-state index contributed by atoms with van der Waals surface area (Å²) in [4.78, 5) is 0. The molecule has 2 aromatic carbocycles. The summed E-state index contributed by atoms with van der Waals surface area (Å²) in [6.45, 7) is 6.62. The van der Waals surface area contributed by atoms with Crippen LogP contribution in [0.15, 0.2) is 36.4 Å². The van der Waals surface area contributed by atoms with E-state index in [1.54, 1.807) is 26.4 Å². The summed E-state index contributed by atoms with van der Waals surface area (Å²) in [5.74, 6) is 2.94. The summed E-state index contributed by atoms with van der Waals surface area (Å²) in [6, 6.07) is 11.7. The summed E-state index contributed by atoms with van der Waals surface area (Å²) in [7, 11) is 3.37. The van der Waals surface area contributed by atoms with Crippen LogP contribution in [0.1, 0.15) is 30.5 Å². The predicted octanol–water partition coefficient (Wildman–Crippen LogP) is 4.78. The molecular formula is C21H28O3. The molecule has 2 unspecified atom stereocenters. The minimum absolute atomic E-state index is 0.237. The van der Waals surface area contributed by atoms with Gasteiger partial charge in [0.25, 0.3) is 0 Å². The quantitative estimate of drug-likeness (QED) is 0.795. The molecule has 0 radical (unpaired) electrons. The van der Waals surface area contributed by atoms with E-state index < -0.39 is 0 Å². The molecule has 2 rings (SSSR count). The molecule has 0 amide bonds. The standard InChI is InChI=1S/C21H28O3/c1-14-6-7-17(20(10-14)23-4)11-15(2)16(3)12-18-8-9-19(22)13-21(18)24-5/h6-10,13,15-16,22H,11-12H2,1-5H3. The first-order chi connectivity index (χ1) is 11.4. The van der Waals surface area contributed by atoms with E-state index in [1.165, 1.54) is 11.1 Å². The van der Waals surface area contributed by atoms with Gasteiger partial charge >= 0.3 is 0 Å². The van der Waals surface area contributed by atoms with Crippen molar-refractivity contribution in [2.75, 3.05) is 14.2 Å². The number of aromatic hydroxyl groups is 1. The number of phenolic OH excluding ortho intramolecular Hbond substituents is 1. The van der Waals surface area contributed by atoms with Gasteiger partial charge in [-0.25, -0.2) is 0 Å². The highest BCUT2D eigenvalue weighted by atomic mass is 16.5. The van der Waals surface area contributed by atoms with Crippen molar-refractivity contribution in [2.24, 2.45) is 11.8 Å². The molecule has 2 aromatic rings. The highest BCUT2D eigenvalue weighted by Crippen LogP contribution is 2.30. The highest BCUT2D eigenvalue weighted by molar-refractivity contribution is 5.40. The van der Waals surface area contributed by atoms with Crippen LogP contribution in [0.4, 0.5) is 0 Å². The fourth-order valence-electron chi connectivity index (χ4n) is 3.02. The third kappa shape index (κ3) is 4.44. The third-order valence-electron chi connectivity index (χ3n) is 4.77. The lowest BCUT2D eigenvalue weighted by molar-refractivity contribution is 0.358. The molecule has 0 heterocycles. The molecule has 3 nitrogen and oxygen atoms in total. The van der Waals surface area contributed by atoms with Gasteiger partial charge in [-0.1, -0.05) is 32.0 Å². The molecule has 130 valence electrons. The molecular weight excluding hydrogens is 300 g/mol. The second-order valence-corrected chi connectivity index (χ2v) is 6.67. The van der Waals surface area contributed by atoms with Gasteiger partial charge in [0.2, 0.25) is 0 Å². The van der Waals surface area contributed by atoms with Gasteiger partial charge in [-0.05, 0) is 60.4 Å². The highest BCUT2D eigenvalue weighted by Gasteiger charge is 2.17. The van der Waals surface area contributed by atoms with Crippen molar-refractivity contribution < 1.29 is 14.6 Å².